The van der Waals surface area contributed by atoms with E-state index in [-0.39, 0.29) is 0 Å². The van der Waals surface area contributed by atoms with Crippen LogP contribution in [-0.4, -0.2) is 6.17 Å². The topological polar surface area (TPSA) is 0 Å². The quantitative estimate of drug-likeness (QED) is 0.505. The Morgan fingerprint density at radius 1 is 1.09 bits per heavy atom. The Kier molecular flexibility index (Phi) is 1.90. The van der Waals surface area contributed by atoms with Crippen molar-refractivity contribution in [3.05, 3.63) is 0 Å². The normalized spacial score (nSPS) is 50.7. The molecule has 0 nitrogen and oxygen atoms in total. The van der Waals surface area contributed by atoms with Crippen molar-refractivity contribution in [2.75, 3.05) is 0 Å². The van der Waals surface area contributed by atoms with Gasteiger partial charge >= 0.3 is 0 Å². The highest BCUT2D eigenvalue weighted by Gasteiger charge is 2.39. The Labute approximate surface area is 68.2 Å². The minimum Gasteiger partial charge on any atom is -0.247 e. The first-order chi connectivity index (χ1) is 5.27. The van der Waals surface area contributed by atoms with Gasteiger partial charge in [-0.25, -0.2) is 4.39 Å². The maximum Gasteiger partial charge on any atom is 0.100 e. The van der Waals surface area contributed by atoms with E-state index in [0.717, 1.165) is 37.0 Å². The molecular formula is C10H17F. The molecule has 0 aliphatic heterocycles. The molecule has 3 fully saturated rings. The van der Waals surface area contributed by atoms with Crippen LogP contribution in [0.2, 0.25) is 0 Å². The molecule has 2 bridgehead atoms. The first kappa shape index (κ1) is 7.57. The zero-order valence-corrected chi connectivity index (χ0v) is 7.22. The molecule has 3 saturated carbocycles. The Hall–Kier alpha value is -0.0700. The van der Waals surface area contributed by atoms with Crippen LogP contribution in [0.25, 0.3) is 0 Å². The van der Waals surface area contributed by atoms with Crippen LogP contribution >= 0.6 is 0 Å². The van der Waals surface area contributed by atoms with E-state index >= 15 is 0 Å². The van der Waals surface area contributed by atoms with E-state index in [0.29, 0.717) is 0 Å². The molecule has 0 aromatic carbocycles. The second-order valence-corrected chi connectivity index (χ2v) is 4.38. The zero-order chi connectivity index (χ0) is 7.84. The fraction of sp³-hybridized carbons (Fsp3) is 1.00. The second-order valence-electron chi connectivity index (χ2n) is 4.38. The van der Waals surface area contributed by atoms with Crippen molar-refractivity contribution in [2.45, 2.75) is 45.2 Å². The molecule has 0 aromatic heterocycles. The van der Waals surface area contributed by atoms with Gasteiger partial charge in [-0.3, -0.25) is 0 Å². The van der Waals surface area contributed by atoms with Crippen LogP contribution in [-0.2, 0) is 0 Å². The van der Waals surface area contributed by atoms with E-state index in [1.54, 1.807) is 0 Å². The highest BCUT2D eigenvalue weighted by atomic mass is 19.1. The van der Waals surface area contributed by atoms with Crippen molar-refractivity contribution in [1.29, 1.82) is 0 Å². The lowest BCUT2D eigenvalue weighted by Gasteiger charge is -2.45. The van der Waals surface area contributed by atoms with E-state index in [2.05, 4.69) is 6.92 Å². The van der Waals surface area contributed by atoms with Gasteiger partial charge in [0.25, 0.3) is 0 Å². The first-order valence-electron chi connectivity index (χ1n) is 4.91. The predicted octanol–water partition coefficient (Wildman–Crippen LogP) is 3.17. The third-order valence-electron chi connectivity index (χ3n) is 3.74. The zero-order valence-electron chi connectivity index (χ0n) is 7.22. The standard InChI is InChI=1S/C10H17F/c1-7-8-3-2-4-10(11)6-9(7)5-8/h7-10H,2-6H2,1H3/t7?,8?,9-,10?/m1/s1. The molecule has 0 N–H and O–H groups in total. The SMILES string of the molecule is CC1C2CCCC(F)C[C@H]1C2. The van der Waals surface area contributed by atoms with Crippen LogP contribution in [0.3, 0.4) is 0 Å². The van der Waals surface area contributed by atoms with Gasteiger partial charge in [-0.2, -0.15) is 0 Å². The molecule has 11 heavy (non-hydrogen) atoms. The molecule has 3 rings (SSSR count). The molecule has 0 saturated heterocycles. The van der Waals surface area contributed by atoms with Gasteiger partial charge in [0, 0.05) is 0 Å². The molecule has 4 atom stereocenters. The summed E-state index contributed by atoms with van der Waals surface area (Å²) >= 11 is 0. The third kappa shape index (κ3) is 1.30. The Balaban J connectivity index is 1.95. The molecule has 0 spiro atoms. The monoisotopic (exact) mass is 156 g/mol. The Bertz CT molecular complexity index is 142. The number of alkyl halides is 1. The van der Waals surface area contributed by atoms with Gasteiger partial charge in [-0.15, -0.1) is 0 Å². The fourth-order valence-corrected chi connectivity index (χ4v) is 2.75. The van der Waals surface area contributed by atoms with Crippen LogP contribution in [0.5, 0.6) is 0 Å². The van der Waals surface area contributed by atoms with Gasteiger partial charge in [0.1, 0.15) is 6.17 Å². The van der Waals surface area contributed by atoms with E-state index in [1.165, 1.54) is 12.8 Å². The maximum absolute atomic E-state index is 13.1. The van der Waals surface area contributed by atoms with Crippen molar-refractivity contribution < 1.29 is 4.39 Å². The van der Waals surface area contributed by atoms with Gasteiger partial charge in [0.05, 0.1) is 0 Å². The first-order valence-corrected chi connectivity index (χ1v) is 4.91. The van der Waals surface area contributed by atoms with Gasteiger partial charge < -0.3 is 0 Å². The lowest BCUT2D eigenvalue weighted by atomic mass is 9.61. The minimum absolute atomic E-state index is 0.483. The lowest BCUT2D eigenvalue weighted by molar-refractivity contribution is 0.0290. The predicted molar refractivity (Wildman–Crippen MR) is 44.1 cm³/mol. The van der Waals surface area contributed by atoms with Crippen molar-refractivity contribution in [3.63, 3.8) is 0 Å². The van der Waals surface area contributed by atoms with Crippen molar-refractivity contribution >= 4 is 0 Å². The van der Waals surface area contributed by atoms with Crippen molar-refractivity contribution in [2.24, 2.45) is 17.8 Å². The molecule has 0 radical (unpaired) electrons. The second kappa shape index (κ2) is 2.76. The third-order valence-corrected chi connectivity index (χ3v) is 3.74. The highest BCUT2D eigenvalue weighted by Crippen LogP contribution is 2.47. The van der Waals surface area contributed by atoms with E-state index < -0.39 is 6.17 Å². The molecule has 1 heteroatoms. The molecule has 0 amide bonds. The summed E-state index contributed by atoms with van der Waals surface area (Å²) in [6.07, 6.45) is 4.95. The number of hydrogen-bond donors (Lipinski definition) is 0. The molecule has 0 heterocycles. The summed E-state index contributed by atoms with van der Waals surface area (Å²) in [6, 6.07) is 0. The number of halogens is 1. The van der Waals surface area contributed by atoms with Crippen LogP contribution in [0.4, 0.5) is 4.39 Å². The molecule has 3 aliphatic carbocycles. The molecule has 64 valence electrons. The lowest BCUT2D eigenvalue weighted by Crippen LogP contribution is -2.37. The Morgan fingerprint density at radius 2 is 1.91 bits per heavy atom. The van der Waals surface area contributed by atoms with Gasteiger partial charge in [0.2, 0.25) is 0 Å². The van der Waals surface area contributed by atoms with E-state index in [9.17, 15) is 4.39 Å². The summed E-state index contributed by atoms with van der Waals surface area (Å²) in [7, 11) is 0. The summed E-state index contributed by atoms with van der Waals surface area (Å²) in [6.45, 7) is 2.30. The number of fused-ring (bicyclic) bond motifs is 4. The largest absolute Gasteiger partial charge is 0.247 e. The van der Waals surface area contributed by atoms with Gasteiger partial charge in [0.15, 0.2) is 0 Å². The highest BCUT2D eigenvalue weighted by molar-refractivity contribution is 4.89. The smallest absolute Gasteiger partial charge is 0.100 e. The summed E-state index contributed by atoms with van der Waals surface area (Å²) < 4.78 is 13.1. The van der Waals surface area contributed by atoms with Crippen LogP contribution < -0.4 is 0 Å². The fourth-order valence-electron chi connectivity index (χ4n) is 2.75. The van der Waals surface area contributed by atoms with Crippen LogP contribution in [0, 0.1) is 17.8 Å². The van der Waals surface area contributed by atoms with E-state index in [1.807, 2.05) is 0 Å². The van der Waals surface area contributed by atoms with Crippen LogP contribution in [0.15, 0.2) is 0 Å². The Morgan fingerprint density at radius 3 is 2.64 bits per heavy atom. The number of hydrogen-bond acceptors (Lipinski definition) is 0. The maximum atomic E-state index is 13.1. The summed E-state index contributed by atoms with van der Waals surface area (Å²) in [5.41, 5.74) is 0. The molecule has 0 aromatic rings. The van der Waals surface area contributed by atoms with Crippen LogP contribution in [0.1, 0.15) is 39.0 Å². The van der Waals surface area contributed by atoms with Crippen molar-refractivity contribution in [1.82, 2.24) is 0 Å². The average molecular weight is 156 g/mol. The summed E-state index contributed by atoms with van der Waals surface area (Å²) in [5, 5.41) is 0. The average Bonchev–Trinajstić information content (AvgIpc) is 1.95. The molecule has 3 aliphatic rings. The van der Waals surface area contributed by atoms with Crippen molar-refractivity contribution in [3.8, 4) is 0 Å². The van der Waals surface area contributed by atoms with Gasteiger partial charge in [-0.05, 0) is 37.0 Å². The number of rotatable bonds is 0. The molecule has 3 unspecified atom stereocenters. The van der Waals surface area contributed by atoms with Gasteiger partial charge in [-0.1, -0.05) is 19.8 Å². The summed E-state index contributed by atoms with van der Waals surface area (Å²) in [4.78, 5) is 0. The minimum atomic E-state index is -0.483. The molecular weight excluding hydrogens is 139 g/mol. The summed E-state index contributed by atoms with van der Waals surface area (Å²) in [5.74, 6) is 2.51. The van der Waals surface area contributed by atoms with E-state index in [4.69, 9.17) is 0 Å².